The molecule has 3 heterocycles. The van der Waals surface area contributed by atoms with Crippen LogP contribution in [0.25, 0.3) is 16.8 Å². The number of benzene rings is 1. The number of tetrazole rings is 1. The van der Waals surface area contributed by atoms with Crippen molar-refractivity contribution < 1.29 is 9.21 Å². The average Bonchev–Trinajstić information content (AvgIpc) is 3.21. The zero-order valence-corrected chi connectivity index (χ0v) is 14.8. The van der Waals surface area contributed by atoms with E-state index in [4.69, 9.17) is 4.42 Å². The number of aryl methyl sites for hydroxylation is 3. The third-order valence-electron chi connectivity index (χ3n) is 4.15. The molecule has 3 aromatic heterocycles. The van der Waals surface area contributed by atoms with Crippen molar-refractivity contribution in [2.45, 2.75) is 13.8 Å². The highest BCUT2D eigenvalue weighted by Gasteiger charge is 2.22. The first kappa shape index (κ1) is 16.6. The van der Waals surface area contributed by atoms with Crippen LogP contribution in [0, 0.1) is 13.8 Å². The number of anilines is 1. The molecule has 0 saturated heterocycles. The Morgan fingerprint density at radius 1 is 1.26 bits per heavy atom. The molecule has 10 heteroatoms. The molecule has 4 aromatic rings. The maximum Gasteiger partial charge on any atom is 0.265 e. The smallest absolute Gasteiger partial charge is 0.265 e. The summed E-state index contributed by atoms with van der Waals surface area (Å²) in [5.41, 5.74) is 1.19. The van der Waals surface area contributed by atoms with Crippen molar-refractivity contribution in [1.82, 2.24) is 29.8 Å². The van der Waals surface area contributed by atoms with Crippen molar-refractivity contribution in [1.29, 1.82) is 0 Å². The lowest BCUT2D eigenvalue weighted by molar-refractivity contribution is 0.102. The minimum absolute atomic E-state index is 0.138. The van der Waals surface area contributed by atoms with Crippen LogP contribution in [0.15, 0.2) is 39.8 Å². The predicted molar refractivity (Wildman–Crippen MR) is 95.8 cm³/mol. The first-order valence-corrected chi connectivity index (χ1v) is 8.07. The van der Waals surface area contributed by atoms with Crippen LogP contribution in [0.2, 0.25) is 0 Å². The van der Waals surface area contributed by atoms with Gasteiger partial charge >= 0.3 is 0 Å². The Hall–Kier alpha value is -3.82. The Bertz CT molecular complexity index is 1240. The van der Waals surface area contributed by atoms with Crippen LogP contribution in [-0.2, 0) is 7.05 Å². The second kappa shape index (κ2) is 6.16. The number of fused-ring (bicyclic) bond motifs is 1. The lowest BCUT2D eigenvalue weighted by Crippen LogP contribution is -2.20. The third-order valence-corrected chi connectivity index (χ3v) is 4.15. The van der Waals surface area contributed by atoms with Crippen molar-refractivity contribution in [3.63, 3.8) is 0 Å². The first-order valence-electron chi connectivity index (χ1n) is 8.07. The first-order chi connectivity index (χ1) is 13.0. The lowest BCUT2D eigenvalue weighted by Gasteiger charge is -2.07. The highest BCUT2D eigenvalue weighted by Crippen LogP contribution is 2.23. The van der Waals surface area contributed by atoms with Crippen molar-refractivity contribution in [3.05, 3.63) is 58.1 Å². The average molecular weight is 365 g/mol. The van der Waals surface area contributed by atoms with Crippen LogP contribution in [0.3, 0.4) is 0 Å². The molecule has 10 nitrogen and oxygen atoms in total. The van der Waals surface area contributed by atoms with Crippen LogP contribution in [0.4, 0.5) is 5.69 Å². The van der Waals surface area contributed by atoms with E-state index < -0.39 is 5.91 Å². The van der Waals surface area contributed by atoms with Gasteiger partial charge in [-0.05, 0) is 42.5 Å². The molecule has 136 valence electrons. The van der Waals surface area contributed by atoms with E-state index in [1.54, 1.807) is 43.8 Å². The predicted octanol–water partition coefficient (Wildman–Crippen LogP) is 1.37. The molecule has 0 saturated carbocycles. The van der Waals surface area contributed by atoms with E-state index in [9.17, 15) is 9.59 Å². The van der Waals surface area contributed by atoms with Gasteiger partial charge in [0, 0.05) is 12.7 Å². The highest BCUT2D eigenvalue weighted by atomic mass is 16.3. The number of amides is 1. The molecule has 1 amide bonds. The van der Waals surface area contributed by atoms with Gasteiger partial charge in [0.25, 0.3) is 11.5 Å². The van der Waals surface area contributed by atoms with Crippen LogP contribution >= 0.6 is 0 Å². The molecule has 27 heavy (non-hydrogen) atoms. The zero-order chi connectivity index (χ0) is 19.1. The standard InChI is InChI=1S/C17H15N7O3/c1-9-13(14-16(27-9)18-8-23(3)17(14)26)15(25)19-11-5-4-6-12(7-11)24-10(2)20-21-22-24/h4-8H,1-3H3,(H,19,25). The minimum Gasteiger partial charge on any atom is -0.442 e. The molecule has 0 aliphatic rings. The van der Waals surface area contributed by atoms with Gasteiger partial charge in [-0.1, -0.05) is 6.07 Å². The van der Waals surface area contributed by atoms with Gasteiger partial charge in [0.15, 0.2) is 5.82 Å². The number of nitrogens with zero attached hydrogens (tertiary/aromatic N) is 6. The van der Waals surface area contributed by atoms with Gasteiger partial charge in [0.1, 0.15) is 17.5 Å². The van der Waals surface area contributed by atoms with Crippen LogP contribution in [0.5, 0.6) is 0 Å². The fraction of sp³-hybridized carbons (Fsp3) is 0.176. The number of aromatic nitrogens is 6. The monoisotopic (exact) mass is 365 g/mol. The summed E-state index contributed by atoms with van der Waals surface area (Å²) in [6.45, 7) is 3.39. The molecule has 0 atom stereocenters. The molecule has 1 aromatic carbocycles. The molecule has 0 unspecified atom stereocenters. The van der Waals surface area contributed by atoms with Gasteiger partial charge in [0.05, 0.1) is 11.3 Å². The topological polar surface area (TPSA) is 121 Å². The highest BCUT2D eigenvalue weighted by molar-refractivity contribution is 6.12. The van der Waals surface area contributed by atoms with Crippen molar-refractivity contribution in [2.24, 2.45) is 7.05 Å². The van der Waals surface area contributed by atoms with Crippen LogP contribution in [0.1, 0.15) is 21.9 Å². The second-order valence-corrected chi connectivity index (χ2v) is 6.02. The number of furan rings is 1. The summed E-state index contributed by atoms with van der Waals surface area (Å²) in [5.74, 6) is 0.484. The van der Waals surface area contributed by atoms with Gasteiger partial charge in [-0.3, -0.25) is 9.59 Å². The molecule has 0 aliphatic heterocycles. The number of carbonyl (C=O) groups excluding carboxylic acids is 1. The summed E-state index contributed by atoms with van der Waals surface area (Å²) in [6, 6.07) is 7.05. The Labute approximate surface area is 152 Å². The van der Waals surface area contributed by atoms with Crippen molar-refractivity contribution >= 4 is 22.7 Å². The van der Waals surface area contributed by atoms with E-state index in [0.717, 1.165) is 0 Å². The van der Waals surface area contributed by atoms with Crippen molar-refractivity contribution in [2.75, 3.05) is 5.32 Å². The molecular weight excluding hydrogens is 350 g/mol. The van der Waals surface area contributed by atoms with Gasteiger partial charge in [-0.25, -0.2) is 4.98 Å². The Balaban J connectivity index is 1.73. The molecule has 0 bridgehead atoms. The van der Waals surface area contributed by atoms with Crippen LogP contribution in [-0.4, -0.2) is 35.7 Å². The van der Waals surface area contributed by atoms with E-state index in [0.29, 0.717) is 23.0 Å². The summed E-state index contributed by atoms with van der Waals surface area (Å²) < 4.78 is 8.33. The number of carbonyl (C=O) groups is 1. The molecule has 0 spiro atoms. The number of nitrogens with one attached hydrogen (secondary N) is 1. The molecule has 0 aliphatic carbocycles. The Morgan fingerprint density at radius 3 is 2.81 bits per heavy atom. The van der Waals surface area contributed by atoms with Crippen molar-refractivity contribution in [3.8, 4) is 5.69 Å². The number of hydrogen-bond acceptors (Lipinski definition) is 7. The summed E-state index contributed by atoms with van der Waals surface area (Å²) in [5, 5.41) is 14.3. The van der Waals surface area contributed by atoms with Crippen LogP contribution < -0.4 is 10.9 Å². The normalized spacial score (nSPS) is 11.1. The van der Waals surface area contributed by atoms with E-state index in [1.165, 1.54) is 10.9 Å². The number of hydrogen-bond donors (Lipinski definition) is 1. The summed E-state index contributed by atoms with van der Waals surface area (Å²) in [4.78, 5) is 29.3. The summed E-state index contributed by atoms with van der Waals surface area (Å²) in [7, 11) is 1.57. The minimum atomic E-state index is -0.457. The van der Waals surface area contributed by atoms with E-state index in [1.807, 2.05) is 6.07 Å². The fourth-order valence-electron chi connectivity index (χ4n) is 2.84. The Kier molecular flexibility index (Phi) is 3.80. The molecular formula is C17H15N7O3. The van der Waals surface area contributed by atoms with E-state index in [-0.39, 0.29) is 22.2 Å². The van der Waals surface area contributed by atoms with Gasteiger partial charge in [0.2, 0.25) is 5.71 Å². The summed E-state index contributed by atoms with van der Waals surface area (Å²) in [6.07, 6.45) is 1.35. The quantitative estimate of drug-likeness (QED) is 0.582. The van der Waals surface area contributed by atoms with E-state index >= 15 is 0 Å². The third kappa shape index (κ3) is 2.76. The summed E-state index contributed by atoms with van der Waals surface area (Å²) >= 11 is 0. The fourth-order valence-corrected chi connectivity index (χ4v) is 2.84. The van der Waals surface area contributed by atoms with Gasteiger partial charge < -0.3 is 14.3 Å². The maximum atomic E-state index is 12.8. The molecule has 0 radical (unpaired) electrons. The zero-order valence-electron chi connectivity index (χ0n) is 14.8. The second-order valence-electron chi connectivity index (χ2n) is 6.02. The SMILES string of the molecule is Cc1oc2ncn(C)c(=O)c2c1C(=O)Nc1cccc(-n2nnnc2C)c1. The Morgan fingerprint density at radius 2 is 2.07 bits per heavy atom. The lowest BCUT2D eigenvalue weighted by atomic mass is 10.1. The van der Waals surface area contributed by atoms with E-state index in [2.05, 4.69) is 25.8 Å². The molecule has 1 N–H and O–H groups in total. The van der Waals surface area contributed by atoms with Gasteiger partial charge in [-0.2, -0.15) is 4.68 Å². The molecule has 4 rings (SSSR count). The van der Waals surface area contributed by atoms with Gasteiger partial charge in [-0.15, -0.1) is 5.10 Å². The largest absolute Gasteiger partial charge is 0.442 e. The maximum absolute atomic E-state index is 12.8. The molecule has 0 fully saturated rings. The number of rotatable bonds is 3.